The highest BCUT2D eigenvalue weighted by Crippen LogP contribution is 2.45. The Morgan fingerprint density at radius 1 is 1.05 bits per heavy atom. The zero-order valence-corrected chi connectivity index (χ0v) is 22.1. The molecular formula is C32H38FN3O2. The van der Waals surface area contributed by atoms with Crippen LogP contribution in [0, 0.1) is 11.2 Å². The number of hydrogen-bond donors (Lipinski definition) is 1. The lowest BCUT2D eigenvalue weighted by molar-refractivity contribution is -0.127. The van der Waals surface area contributed by atoms with Crippen LogP contribution in [0.25, 0.3) is 16.6 Å². The largest absolute Gasteiger partial charge is 0.484 e. The van der Waals surface area contributed by atoms with E-state index in [4.69, 9.17) is 4.74 Å². The molecule has 1 fully saturated rings. The van der Waals surface area contributed by atoms with Crippen molar-refractivity contribution in [2.24, 2.45) is 5.41 Å². The molecule has 6 heteroatoms. The van der Waals surface area contributed by atoms with Crippen molar-refractivity contribution in [3.63, 3.8) is 0 Å². The molecule has 1 aromatic heterocycles. The van der Waals surface area contributed by atoms with Gasteiger partial charge in [-0.1, -0.05) is 59.4 Å². The molecular weight excluding hydrogens is 477 g/mol. The summed E-state index contributed by atoms with van der Waals surface area (Å²) in [4.78, 5) is 12.8. The van der Waals surface area contributed by atoms with Crippen LogP contribution < -0.4 is 10.1 Å². The molecule has 2 atom stereocenters. The number of rotatable bonds is 7. The van der Waals surface area contributed by atoms with Crippen LogP contribution in [0.1, 0.15) is 72.1 Å². The maximum atomic E-state index is 13.4. The van der Waals surface area contributed by atoms with E-state index < -0.39 is 0 Å². The van der Waals surface area contributed by atoms with Gasteiger partial charge >= 0.3 is 0 Å². The third kappa shape index (κ3) is 5.59. The van der Waals surface area contributed by atoms with Crippen molar-refractivity contribution >= 4 is 16.8 Å². The van der Waals surface area contributed by atoms with Crippen molar-refractivity contribution in [1.82, 2.24) is 15.1 Å². The van der Waals surface area contributed by atoms with Crippen molar-refractivity contribution in [1.29, 1.82) is 0 Å². The first-order valence-corrected chi connectivity index (χ1v) is 12.9. The van der Waals surface area contributed by atoms with Crippen LogP contribution in [0.3, 0.4) is 0 Å². The molecule has 0 unspecified atom stereocenters. The minimum Gasteiger partial charge on any atom is -0.484 e. The maximum absolute atomic E-state index is 13.4. The van der Waals surface area contributed by atoms with E-state index in [0.717, 1.165) is 35.0 Å². The predicted molar refractivity (Wildman–Crippen MR) is 151 cm³/mol. The number of amides is 1. The van der Waals surface area contributed by atoms with Gasteiger partial charge in [0.25, 0.3) is 0 Å². The summed E-state index contributed by atoms with van der Waals surface area (Å²) >= 11 is 0. The lowest BCUT2D eigenvalue weighted by atomic mass is 9.86. The average Bonchev–Trinajstić information content (AvgIpc) is 3.49. The minimum absolute atomic E-state index is 0. The number of nitrogens with one attached hydrogen (secondary N) is 1. The van der Waals surface area contributed by atoms with Gasteiger partial charge in [-0.15, -0.1) is 0 Å². The second-order valence-corrected chi connectivity index (χ2v) is 11.5. The third-order valence-electron chi connectivity index (χ3n) is 7.34. The van der Waals surface area contributed by atoms with Crippen LogP contribution in [0.15, 0.2) is 72.9 Å². The van der Waals surface area contributed by atoms with Gasteiger partial charge in [-0.25, -0.2) is 9.07 Å². The van der Waals surface area contributed by atoms with E-state index in [1.807, 2.05) is 32.0 Å². The molecule has 0 aliphatic heterocycles. The number of ether oxygens (including phenoxy) is 1. The molecule has 38 heavy (non-hydrogen) atoms. The van der Waals surface area contributed by atoms with Gasteiger partial charge in [-0.2, -0.15) is 5.10 Å². The molecule has 0 spiro atoms. The zero-order chi connectivity index (χ0) is 26.4. The number of carbonyl (C=O) groups is 1. The van der Waals surface area contributed by atoms with Crippen LogP contribution in [0.4, 0.5) is 4.39 Å². The highest BCUT2D eigenvalue weighted by molar-refractivity contribution is 5.85. The molecule has 200 valence electrons. The van der Waals surface area contributed by atoms with Gasteiger partial charge in [0.05, 0.1) is 23.4 Å². The standard InChI is InChI=1S/C31H34FN3O2.CH4/c1-20(34-29(36)31(5)16-17-31)28(21-6-8-23(9-7-21)30(2,3)4)37-26-14-15-27-22(18-26)19-33-35(27)25-12-10-24(32)11-13-25;/h6-15,18-20,28H,16-17H2,1-5H3,(H,34,36);1H4/t20-,28-;/m0./s1. The molecule has 5 rings (SSSR count). The molecule has 0 saturated heterocycles. The average molecular weight is 516 g/mol. The summed E-state index contributed by atoms with van der Waals surface area (Å²) in [6.07, 6.45) is 3.25. The molecule has 1 aliphatic rings. The fourth-order valence-corrected chi connectivity index (χ4v) is 4.52. The molecule has 1 saturated carbocycles. The van der Waals surface area contributed by atoms with E-state index in [1.165, 1.54) is 17.7 Å². The molecule has 0 bridgehead atoms. The van der Waals surface area contributed by atoms with Gasteiger partial charge in [-0.05, 0) is 78.8 Å². The van der Waals surface area contributed by atoms with Gasteiger partial charge in [0.15, 0.2) is 0 Å². The van der Waals surface area contributed by atoms with Crippen LogP contribution in [0.2, 0.25) is 0 Å². The number of hydrogen-bond acceptors (Lipinski definition) is 3. The second-order valence-electron chi connectivity index (χ2n) is 11.5. The Morgan fingerprint density at radius 2 is 1.71 bits per heavy atom. The molecule has 3 aromatic carbocycles. The summed E-state index contributed by atoms with van der Waals surface area (Å²) in [5, 5.41) is 8.61. The van der Waals surface area contributed by atoms with E-state index in [9.17, 15) is 9.18 Å². The second kappa shape index (κ2) is 10.2. The number of aromatic nitrogens is 2. The van der Waals surface area contributed by atoms with Crippen LogP contribution in [0.5, 0.6) is 5.75 Å². The topological polar surface area (TPSA) is 56.1 Å². The summed E-state index contributed by atoms with van der Waals surface area (Å²) in [5.74, 6) is 0.486. The van der Waals surface area contributed by atoms with Crippen molar-refractivity contribution in [3.05, 3.63) is 89.9 Å². The number of carbonyl (C=O) groups excluding carboxylic acids is 1. The first kappa shape index (κ1) is 27.4. The lowest BCUT2D eigenvalue weighted by Gasteiger charge is -2.28. The van der Waals surface area contributed by atoms with Crippen molar-refractivity contribution < 1.29 is 13.9 Å². The van der Waals surface area contributed by atoms with E-state index in [0.29, 0.717) is 5.75 Å². The smallest absolute Gasteiger partial charge is 0.226 e. The zero-order valence-electron chi connectivity index (χ0n) is 22.1. The van der Waals surface area contributed by atoms with Crippen molar-refractivity contribution in [2.45, 2.75) is 72.4 Å². The summed E-state index contributed by atoms with van der Waals surface area (Å²) in [6.45, 7) is 10.6. The van der Waals surface area contributed by atoms with Gasteiger partial charge in [-0.3, -0.25) is 4.79 Å². The number of nitrogens with zero attached hydrogens (tertiary/aromatic N) is 2. The highest BCUT2D eigenvalue weighted by Gasteiger charge is 2.45. The molecule has 1 amide bonds. The summed E-state index contributed by atoms with van der Waals surface area (Å²) in [5.41, 5.74) is 3.71. The third-order valence-corrected chi connectivity index (χ3v) is 7.34. The van der Waals surface area contributed by atoms with Crippen molar-refractivity contribution in [2.75, 3.05) is 0 Å². The van der Waals surface area contributed by atoms with E-state index in [2.05, 4.69) is 55.5 Å². The van der Waals surface area contributed by atoms with Crippen LogP contribution >= 0.6 is 0 Å². The fraction of sp³-hybridized carbons (Fsp3) is 0.375. The Balaban J connectivity index is 0.00000336. The molecule has 1 aliphatic carbocycles. The minimum atomic E-state index is -0.370. The molecule has 0 radical (unpaired) electrons. The molecule has 5 nitrogen and oxygen atoms in total. The van der Waals surface area contributed by atoms with Gasteiger partial charge in [0, 0.05) is 10.8 Å². The van der Waals surface area contributed by atoms with Crippen LogP contribution in [-0.2, 0) is 10.2 Å². The first-order chi connectivity index (χ1) is 17.5. The SMILES string of the molecule is C.C[C@H](NC(=O)C1(C)CC1)[C@H](Oc1ccc2c(cnn2-c2ccc(F)cc2)c1)c1ccc(C(C)(C)C)cc1. The monoisotopic (exact) mass is 515 g/mol. The Morgan fingerprint density at radius 3 is 2.32 bits per heavy atom. The quantitative estimate of drug-likeness (QED) is 0.277. The summed E-state index contributed by atoms with van der Waals surface area (Å²) in [7, 11) is 0. The Kier molecular flexibility index (Phi) is 7.37. The molecule has 1 N–H and O–H groups in total. The number of benzene rings is 3. The van der Waals surface area contributed by atoms with Gasteiger partial charge in [0.2, 0.25) is 5.91 Å². The van der Waals surface area contributed by atoms with E-state index in [-0.39, 0.29) is 42.1 Å². The Hall–Kier alpha value is -3.67. The van der Waals surface area contributed by atoms with Gasteiger partial charge < -0.3 is 10.1 Å². The first-order valence-electron chi connectivity index (χ1n) is 12.9. The Labute approximate surface area is 225 Å². The van der Waals surface area contributed by atoms with Crippen LogP contribution in [-0.4, -0.2) is 21.7 Å². The fourth-order valence-electron chi connectivity index (χ4n) is 4.52. The Bertz CT molecular complexity index is 1410. The predicted octanol–water partition coefficient (Wildman–Crippen LogP) is 7.52. The summed E-state index contributed by atoms with van der Waals surface area (Å²) < 4.78 is 21.7. The van der Waals surface area contributed by atoms with Gasteiger partial charge in [0.1, 0.15) is 17.7 Å². The molecule has 1 heterocycles. The highest BCUT2D eigenvalue weighted by atomic mass is 19.1. The normalized spacial score (nSPS) is 15.8. The lowest BCUT2D eigenvalue weighted by Crippen LogP contribution is -2.42. The van der Waals surface area contributed by atoms with E-state index in [1.54, 1.807) is 23.0 Å². The number of halogens is 1. The van der Waals surface area contributed by atoms with Crippen molar-refractivity contribution in [3.8, 4) is 11.4 Å². The maximum Gasteiger partial charge on any atom is 0.226 e. The number of fused-ring (bicyclic) bond motifs is 1. The summed E-state index contributed by atoms with van der Waals surface area (Å²) in [6, 6.07) is 20.3. The molecule has 4 aromatic rings. The van der Waals surface area contributed by atoms with E-state index >= 15 is 0 Å².